The van der Waals surface area contributed by atoms with Crippen molar-refractivity contribution in [1.29, 1.82) is 0 Å². The van der Waals surface area contributed by atoms with Gasteiger partial charge in [-0.05, 0) is 54.6 Å². The van der Waals surface area contributed by atoms with Crippen molar-refractivity contribution in [2.45, 2.75) is 10.9 Å². The molecule has 0 bridgehead atoms. The van der Waals surface area contributed by atoms with E-state index in [-0.39, 0.29) is 10.6 Å². The molecule has 3 rings (SSSR count). The minimum absolute atomic E-state index is 0.0394. The van der Waals surface area contributed by atoms with Crippen LogP contribution < -0.4 is 4.31 Å². The van der Waals surface area contributed by atoms with Crippen molar-refractivity contribution in [3.63, 3.8) is 0 Å². The van der Waals surface area contributed by atoms with E-state index in [1.807, 2.05) is 0 Å². The quantitative estimate of drug-likeness (QED) is 0.696. The van der Waals surface area contributed by atoms with Crippen molar-refractivity contribution in [3.8, 4) is 0 Å². The monoisotopic (exact) mass is 461 g/mol. The van der Waals surface area contributed by atoms with Gasteiger partial charge in [0.15, 0.2) is 9.84 Å². The largest absolute Gasteiger partial charge is 0.264 e. The molecule has 0 saturated carbocycles. The first-order chi connectivity index (χ1) is 11.7. The Labute approximate surface area is 160 Å². The van der Waals surface area contributed by atoms with Crippen molar-refractivity contribution in [2.24, 2.45) is 0 Å². The highest BCUT2D eigenvalue weighted by atomic mass is 79.9. The van der Waals surface area contributed by atoms with E-state index in [4.69, 9.17) is 11.6 Å². The summed E-state index contributed by atoms with van der Waals surface area (Å²) in [5.74, 6) is -0.296. The first-order valence-corrected chi connectivity index (χ1v) is 11.5. The summed E-state index contributed by atoms with van der Waals surface area (Å²) in [7, 11) is -7.40. The van der Waals surface area contributed by atoms with E-state index in [0.29, 0.717) is 10.7 Å². The van der Waals surface area contributed by atoms with Crippen LogP contribution in [0.5, 0.6) is 0 Å². The lowest BCUT2D eigenvalue weighted by Gasteiger charge is -2.29. The van der Waals surface area contributed by atoms with E-state index in [2.05, 4.69) is 15.9 Å². The number of anilines is 1. The second-order valence-corrected chi connectivity index (χ2v) is 10.6. The molecule has 1 heterocycles. The molecule has 9 heteroatoms. The van der Waals surface area contributed by atoms with Gasteiger partial charge in [-0.25, -0.2) is 16.8 Å². The van der Waals surface area contributed by atoms with Gasteiger partial charge in [-0.1, -0.05) is 27.5 Å². The second-order valence-electron chi connectivity index (χ2n) is 5.46. The molecule has 0 N–H and O–H groups in total. The highest BCUT2D eigenvalue weighted by Gasteiger charge is 2.35. The molecule has 25 heavy (non-hydrogen) atoms. The number of rotatable bonds is 4. The summed E-state index contributed by atoms with van der Waals surface area (Å²) >= 11 is 9.14. The Bertz CT molecular complexity index is 1020. The van der Waals surface area contributed by atoms with E-state index in [1.165, 1.54) is 30.3 Å². The lowest BCUT2D eigenvalue weighted by Crippen LogP contribution is -2.41. The standard InChI is InChI=1S/C16H13BrClNO4S2/c17-12-1-5-14(6-2-12)19(15-9-10-24(20,21)11-15)25(22,23)16-7-3-13(18)4-8-16/h1-10,15H,11H2. The van der Waals surface area contributed by atoms with Gasteiger partial charge in [0.25, 0.3) is 10.0 Å². The zero-order chi connectivity index (χ0) is 18.2. The summed E-state index contributed by atoms with van der Waals surface area (Å²) in [6, 6.07) is 11.6. The smallest absolute Gasteiger partial charge is 0.258 e. The molecule has 1 unspecified atom stereocenters. The maximum absolute atomic E-state index is 13.2. The van der Waals surface area contributed by atoms with Gasteiger partial charge >= 0.3 is 0 Å². The van der Waals surface area contributed by atoms with Crippen LogP contribution in [0.2, 0.25) is 5.02 Å². The zero-order valence-electron chi connectivity index (χ0n) is 12.7. The lowest BCUT2D eigenvalue weighted by molar-refractivity contribution is 0.586. The average Bonchev–Trinajstić information content (AvgIpc) is 2.89. The molecular formula is C16H13BrClNO4S2. The third kappa shape index (κ3) is 3.92. The molecule has 0 radical (unpaired) electrons. The Morgan fingerprint density at radius 3 is 2.16 bits per heavy atom. The highest BCUT2D eigenvalue weighted by molar-refractivity contribution is 9.10. The van der Waals surface area contributed by atoms with E-state index < -0.39 is 25.9 Å². The third-order valence-corrected chi connectivity index (χ3v) is 7.69. The molecule has 0 aliphatic carbocycles. The van der Waals surface area contributed by atoms with Crippen LogP contribution in [0.25, 0.3) is 0 Å². The van der Waals surface area contributed by atoms with Crippen molar-refractivity contribution < 1.29 is 16.8 Å². The predicted molar refractivity (Wildman–Crippen MR) is 102 cm³/mol. The normalized spacial score (nSPS) is 19.0. The number of hydrogen-bond acceptors (Lipinski definition) is 4. The molecule has 0 aromatic heterocycles. The van der Waals surface area contributed by atoms with Crippen LogP contribution in [-0.2, 0) is 19.9 Å². The Hall–Kier alpha value is -1.35. The molecule has 1 aliphatic rings. The predicted octanol–water partition coefficient (Wildman–Crippen LogP) is 3.61. The molecule has 1 atom stereocenters. The maximum Gasteiger partial charge on any atom is 0.264 e. The number of hydrogen-bond donors (Lipinski definition) is 0. The van der Waals surface area contributed by atoms with Gasteiger partial charge in [-0.2, -0.15) is 0 Å². The highest BCUT2D eigenvalue weighted by Crippen LogP contribution is 2.31. The molecule has 1 aliphatic heterocycles. The summed E-state index contributed by atoms with van der Waals surface area (Å²) in [5.41, 5.74) is 0.380. The summed E-state index contributed by atoms with van der Waals surface area (Å²) in [6.07, 6.45) is 1.39. The molecule has 0 fully saturated rings. The first-order valence-electron chi connectivity index (χ1n) is 7.16. The molecule has 5 nitrogen and oxygen atoms in total. The van der Waals surface area contributed by atoms with Gasteiger partial charge in [0.2, 0.25) is 0 Å². The van der Waals surface area contributed by atoms with Crippen LogP contribution in [0.4, 0.5) is 5.69 Å². The number of halogens is 2. The first kappa shape index (κ1) is 18.4. The van der Waals surface area contributed by atoms with Crippen molar-refractivity contribution in [3.05, 3.63) is 69.5 Å². The van der Waals surface area contributed by atoms with Crippen molar-refractivity contribution >= 4 is 53.1 Å². The molecule has 0 saturated heterocycles. The van der Waals surface area contributed by atoms with Gasteiger partial charge in [0, 0.05) is 14.9 Å². The molecule has 132 valence electrons. The van der Waals surface area contributed by atoms with Crippen LogP contribution in [0, 0.1) is 0 Å². The Balaban J connectivity index is 2.12. The fourth-order valence-electron chi connectivity index (χ4n) is 2.52. The molecule has 0 spiro atoms. The molecule has 2 aromatic rings. The summed E-state index contributed by atoms with van der Waals surface area (Å²) < 4.78 is 51.9. The van der Waals surface area contributed by atoms with E-state index >= 15 is 0 Å². The average molecular weight is 463 g/mol. The van der Waals surface area contributed by atoms with Gasteiger partial charge in [-0.3, -0.25) is 4.31 Å². The van der Waals surface area contributed by atoms with Crippen molar-refractivity contribution in [2.75, 3.05) is 10.1 Å². The van der Waals surface area contributed by atoms with Crippen LogP contribution in [0.1, 0.15) is 0 Å². The second kappa shape index (κ2) is 6.75. The fraction of sp³-hybridized carbons (Fsp3) is 0.125. The number of sulfone groups is 1. The third-order valence-electron chi connectivity index (χ3n) is 3.66. The fourth-order valence-corrected chi connectivity index (χ4v) is 5.88. The topological polar surface area (TPSA) is 71.5 Å². The maximum atomic E-state index is 13.2. The van der Waals surface area contributed by atoms with Crippen LogP contribution in [-0.4, -0.2) is 28.6 Å². The number of sulfonamides is 1. The van der Waals surface area contributed by atoms with E-state index in [9.17, 15) is 16.8 Å². The molecule has 0 amide bonds. The zero-order valence-corrected chi connectivity index (χ0v) is 16.7. The number of nitrogens with zero attached hydrogens (tertiary/aromatic N) is 1. The summed E-state index contributed by atoms with van der Waals surface area (Å²) in [4.78, 5) is 0.0394. The van der Waals surface area contributed by atoms with E-state index in [0.717, 1.165) is 14.2 Å². The van der Waals surface area contributed by atoms with Gasteiger partial charge in [0.1, 0.15) is 0 Å². The Morgan fingerprint density at radius 2 is 1.64 bits per heavy atom. The number of benzene rings is 2. The van der Waals surface area contributed by atoms with E-state index in [1.54, 1.807) is 24.3 Å². The van der Waals surface area contributed by atoms with Crippen LogP contribution >= 0.6 is 27.5 Å². The van der Waals surface area contributed by atoms with Gasteiger partial charge in [-0.15, -0.1) is 0 Å². The van der Waals surface area contributed by atoms with Crippen LogP contribution in [0.15, 0.2) is 69.4 Å². The SMILES string of the molecule is O=S1(=O)C=CC(N(c2ccc(Br)cc2)S(=O)(=O)c2ccc(Cl)cc2)C1. The minimum atomic E-state index is -3.97. The minimum Gasteiger partial charge on any atom is -0.258 e. The van der Waals surface area contributed by atoms with Crippen molar-refractivity contribution in [1.82, 2.24) is 0 Å². The van der Waals surface area contributed by atoms with Gasteiger partial charge < -0.3 is 0 Å². The summed E-state index contributed by atoms with van der Waals surface area (Å²) in [5, 5.41) is 1.47. The summed E-state index contributed by atoms with van der Waals surface area (Å²) in [6.45, 7) is 0. The van der Waals surface area contributed by atoms with Crippen LogP contribution in [0.3, 0.4) is 0 Å². The Morgan fingerprint density at radius 1 is 1.04 bits per heavy atom. The van der Waals surface area contributed by atoms with Gasteiger partial charge in [0.05, 0.1) is 22.4 Å². The molecule has 2 aromatic carbocycles. The Kier molecular flexibility index (Phi) is 4.98. The lowest BCUT2D eigenvalue weighted by atomic mass is 10.2. The molecular weight excluding hydrogens is 450 g/mol.